The first-order chi connectivity index (χ1) is 12.7. The summed E-state index contributed by atoms with van der Waals surface area (Å²) in [7, 11) is 1.31. The Labute approximate surface area is 152 Å². The van der Waals surface area contributed by atoms with Gasteiger partial charge in [-0.3, -0.25) is 9.48 Å². The molecule has 0 aliphatic rings. The molecular formula is C16H16F3N7O. The van der Waals surface area contributed by atoms with Crippen molar-refractivity contribution < 1.29 is 18.0 Å². The van der Waals surface area contributed by atoms with E-state index in [0.717, 1.165) is 10.9 Å². The topological polar surface area (TPSA) is 90.5 Å². The largest absolute Gasteiger partial charge is 0.435 e. The number of carbonyl (C=O) groups excluding carboxylic acids is 1. The molecule has 0 aliphatic carbocycles. The molecule has 0 saturated heterocycles. The maximum absolute atomic E-state index is 13.0. The Hall–Kier alpha value is -3.24. The average Bonchev–Trinajstić information content (AvgIpc) is 3.21. The van der Waals surface area contributed by atoms with Gasteiger partial charge in [0.15, 0.2) is 11.5 Å². The number of nitrogens with zero attached hydrogens (tertiary/aromatic N) is 6. The molecule has 0 saturated carbocycles. The molecule has 3 rings (SSSR count). The second kappa shape index (κ2) is 6.82. The number of carbonyl (C=O) groups is 1. The first-order valence-corrected chi connectivity index (χ1v) is 7.96. The molecule has 1 amide bonds. The second-order valence-corrected chi connectivity index (χ2v) is 6.08. The lowest BCUT2D eigenvalue weighted by Gasteiger charge is -2.11. The van der Waals surface area contributed by atoms with Crippen molar-refractivity contribution in [3.63, 3.8) is 0 Å². The molecule has 142 valence electrons. The Kier molecular flexibility index (Phi) is 4.68. The average molecular weight is 379 g/mol. The minimum absolute atomic E-state index is 0.0831. The molecule has 3 aromatic rings. The number of amides is 1. The highest BCUT2D eigenvalue weighted by Gasteiger charge is 2.39. The van der Waals surface area contributed by atoms with E-state index >= 15 is 0 Å². The van der Waals surface area contributed by atoms with Gasteiger partial charge in [-0.2, -0.15) is 18.3 Å². The highest BCUT2D eigenvalue weighted by Crippen LogP contribution is 2.31. The Morgan fingerprint density at radius 1 is 1.26 bits per heavy atom. The van der Waals surface area contributed by atoms with Crippen LogP contribution in [0.25, 0.3) is 11.5 Å². The molecule has 27 heavy (non-hydrogen) atoms. The smallest absolute Gasteiger partial charge is 0.310 e. The van der Waals surface area contributed by atoms with E-state index in [1.165, 1.54) is 13.1 Å². The van der Waals surface area contributed by atoms with Crippen LogP contribution in [0.15, 0.2) is 30.7 Å². The van der Waals surface area contributed by atoms with Gasteiger partial charge < -0.3 is 9.88 Å². The van der Waals surface area contributed by atoms with Crippen LogP contribution in [0.5, 0.6) is 0 Å². The first kappa shape index (κ1) is 18.5. The van der Waals surface area contributed by atoms with Crippen LogP contribution >= 0.6 is 0 Å². The highest BCUT2D eigenvalue weighted by atomic mass is 19.4. The molecule has 3 heterocycles. The van der Waals surface area contributed by atoms with E-state index < -0.39 is 23.3 Å². The molecular weight excluding hydrogens is 363 g/mol. The van der Waals surface area contributed by atoms with Crippen molar-refractivity contribution >= 4 is 11.7 Å². The van der Waals surface area contributed by atoms with E-state index in [0.29, 0.717) is 11.5 Å². The molecule has 0 atom stereocenters. The number of hydrogen-bond acceptors (Lipinski definition) is 5. The first-order valence-electron chi connectivity index (χ1n) is 7.96. The van der Waals surface area contributed by atoms with E-state index in [1.807, 2.05) is 13.8 Å². The minimum atomic E-state index is -4.74. The van der Waals surface area contributed by atoms with Crippen molar-refractivity contribution in [1.82, 2.24) is 29.5 Å². The van der Waals surface area contributed by atoms with Crippen LogP contribution < -0.4 is 5.32 Å². The van der Waals surface area contributed by atoms with E-state index in [2.05, 4.69) is 25.6 Å². The zero-order valence-corrected chi connectivity index (χ0v) is 14.7. The van der Waals surface area contributed by atoms with Crippen molar-refractivity contribution in [2.45, 2.75) is 26.1 Å². The maximum Gasteiger partial charge on any atom is 0.435 e. The molecule has 0 aliphatic heterocycles. The number of aromatic nitrogens is 6. The van der Waals surface area contributed by atoms with Crippen LogP contribution in [0.3, 0.4) is 0 Å². The summed E-state index contributed by atoms with van der Waals surface area (Å²) in [5.41, 5.74) is -1.40. The normalized spacial score (nSPS) is 11.8. The van der Waals surface area contributed by atoms with Gasteiger partial charge in [-0.25, -0.2) is 4.98 Å². The molecule has 0 bridgehead atoms. The lowest BCUT2D eigenvalue weighted by Crippen LogP contribution is -2.18. The summed E-state index contributed by atoms with van der Waals surface area (Å²) < 4.78 is 41.8. The summed E-state index contributed by atoms with van der Waals surface area (Å²) in [5, 5.41) is 13.6. The van der Waals surface area contributed by atoms with Gasteiger partial charge in [0.05, 0.1) is 5.56 Å². The highest BCUT2D eigenvalue weighted by molar-refractivity contribution is 6.04. The fourth-order valence-corrected chi connectivity index (χ4v) is 2.48. The lowest BCUT2D eigenvalue weighted by molar-refractivity contribution is -0.141. The molecule has 0 aromatic carbocycles. The number of rotatable bonds is 4. The van der Waals surface area contributed by atoms with Crippen molar-refractivity contribution in [1.29, 1.82) is 0 Å². The summed E-state index contributed by atoms with van der Waals surface area (Å²) in [6.07, 6.45) is -2.17. The molecule has 0 unspecified atom stereocenters. The van der Waals surface area contributed by atoms with Gasteiger partial charge in [0, 0.05) is 19.3 Å². The Bertz CT molecular complexity index is 975. The van der Waals surface area contributed by atoms with Crippen LogP contribution in [0.4, 0.5) is 19.0 Å². The number of hydrogen-bond donors (Lipinski definition) is 1. The number of pyridine rings is 1. The molecule has 0 fully saturated rings. The number of aryl methyl sites for hydroxylation is 1. The van der Waals surface area contributed by atoms with Crippen molar-refractivity contribution in [3.05, 3.63) is 42.0 Å². The van der Waals surface area contributed by atoms with E-state index in [4.69, 9.17) is 0 Å². The van der Waals surface area contributed by atoms with Crippen molar-refractivity contribution in [3.8, 4) is 11.5 Å². The monoisotopic (exact) mass is 379 g/mol. The SMILES string of the molecule is CC(C)n1cnnc1-c1cccc(NC(=O)c2cn(C)nc2C(F)(F)F)n1. The predicted octanol–water partition coefficient (Wildman–Crippen LogP) is 2.93. The van der Waals surface area contributed by atoms with Crippen LogP contribution in [-0.2, 0) is 13.2 Å². The summed E-state index contributed by atoms with van der Waals surface area (Å²) in [4.78, 5) is 16.6. The third-order valence-electron chi connectivity index (χ3n) is 3.69. The van der Waals surface area contributed by atoms with Crippen molar-refractivity contribution in [2.75, 3.05) is 5.32 Å². The molecule has 3 aromatic heterocycles. The number of anilines is 1. The van der Waals surface area contributed by atoms with Crippen LogP contribution in [-0.4, -0.2) is 35.4 Å². The van der Waals surface area contributed by atoms with Crippen LogP contribution in [0, 0.1) is 0 Å². The zero-order valence-electron chi connectivity index (χ0n) is 14.7. The molecule has 11 heteroatoms. The summed E-state index contributed by atoms with van der Waals surface area (Å²) >= 11 is 0. The Balaban J connectivity index is 1.89. The minimum Gasteiger partial charge on any atom is -0.310 e. The summed E-state index contributed by atoms with van der Waals surface area (Å²) in [5.74, 6) is -0.378. The number of alkyl halides is 3. The standard InChI is InChI=1S/C16H16F3N7O/c1-9(2)26-8-20-23-14(26)11-5-4-6-12(21-11)22-15(27)10-7-25(3)24-13(10)16(17,18)19/h4-9H,1-3H3,(H,21,22,27). The second-order valence-electron chi connectivity index (χ2n) is 6.08. The van der Waals surface area contributed by atoms with Gasteiger partial charge in [0.2, 0.25) is 0 Å². The number of nitrogens with one attached hydrogen (secondary N) is 1. The third kappa shape index (κ3) is 3.81. The fourth-order valence-electron chi connectivity index (χ4n) is 2.48. The van der Waals surface area contributed by atoms with E-state index in [1.54, 1.807) is 23.0 Å². The Morgan fingerprint density at radius 2 is 2.00 bits per heavy atom. The third-order valence-corrected chi connectivity index (χ3v) is 3.69. The number of halogens is 3. The van der Waals surface area contributed by atoms with Crippen molar-refractivity contribution in [2.24, 2.45) is 7.05 Å². The van der Waals surface area contributed by atoms with Gasteiger partial charge in [-0.1, -0.05) is 6.07 Å². The quantitative estimate of drug-likeness (QED) is 0.753. The Morgan fingerprint density at radius 3 is 2.67 bits per heavy atom. The molecule has 1 N–H and O–H groups in total. The van der Waals surface area contributed by atoms with E-state index in [9.17, 15) is 18.0 Å². The molecule has 8 nitrogen and oxygen atoms in total. The maximum atomic E-state index is 13.0. The lowest BCUT2D eigenvalue weighted by atomic mass is 10.2. The fraction of sp³-hybridized carbons (Fsp3) is 0.312. The molecule has 0 spiro atoms. The van der Waals surface area contributed by atoms with Gasteiger partial charge >= 0.3 is 6.18 Å². The van der Waals surface area contributed by atoms with Gasteiger partial charge in [-0.15, -0.1) is 10.2 Å². The van der Waals surface area contributed by atoms with Gasteiger partial charge in [0.1, 0.15) is 17.8 Å². The summed E-state index contributed by atoms with van der Waals surface area (Å²) in [6, 6.07) is 4.84. The van der Waals surface area contributed by atoms with Crippen LogP contribution in [0.2, 0.25) is 0 Å². The van der Waals surface area contributed by atoms with Gasteiger partial charge in [0.25, 0.3) is 5.91 Å². The summed E-state index contributed by atoms with van der Waals surface area (Å²) in [6.45, 7) is 3.89. The zero-order chi connectivity index (χ0) is 19.8. The van der Waals surface area contributed by atoms with E-state index in [-0.39, 0.29) is 11.9 Å². The molecule has 0 radical (unpaired) electrons. The predicted molar refractivity (Wildman–Crippen MR) is 89.8 cm³/mol. The van der Waals surface area contributed by atoms with Crippen LogP contribution in [0.1, 0.15) is 35.9 Å². The van der Waals surface area contributed by atoms with Gasteiger partial charge in [-0.05, 0) is 26.0 Å².